The summed E-state index contributed by atoms with van der Waals surface area (Å²) in [5.74, 6) is 0.420. The molecule has 238 valence electrons. The molecule has 4 aromatic rings. The molecule has 0 saturated heterocycles. The van der Waals surface area contributed by atoms with Gasteiger partial charge in [0.1, 0.15) is 22.3 Å². The van der Waals surface area contributed by atoms with E-state index in [2.05, 4.69) is 10.3 Å². The number of nitrogen functional groups attached to an aromatic ring is 1. The van der Waals surface area contributed by atoms with Gasteiger partial charge in [0, 0.05) is 46.0 Å². The molecule has 11 heteroatoms. The van der Waals surface area contributed by atoms with Gasteiger partial charge in [0.2, 0.25) is 0 Å². The number of anilines is 1. The Kier molecular flexibility index (Phi) is 9.55. The Labute approximate surface area is 271 Å². The third kappa shape index (κ3) is 7.02. The van der Waals surface area contributed by atoms with Crippen LogP contribution in [0.3, 0.4) is 0 Å². The molecule has 2 aromatic heterocycles. The van der Waals surface area contributed by atoms with Crippen molar-refractivity contribution in [3.63, 3.8) is 0 Å². The minimum absolute atomic E-state index is 0.115. The van der Waals surface area contributed by atoms with Crippen LogP contribution in [0.5, 0.6) is 5.75 Å². The molecule has 1 fully saturated rings. The summed E-state index contributed by atoms with van der Waals surface area (Å²) in [4.78, 5) is 32.4. The maximum atomic E-state index is 14.8. The highest BCUT2D eigenvalue weighted by molar-refractivity contribution is 7.21. The molecule has 4 N–H and O–H groups in total. The van der Waals surface area contributed by atoms with Crippen molar-refractivity contribution in [3.05, 3.63) is 76.0 Å². The van der Waals surface area contributed by atoms with Crippen LogP contribution in [-0.2, 0) is 6.54 Å². The largest absolute Gasteiger partial charge is 0.496 e. The molecule has 8 nitrogen and oxygen atoms in total. The Morgan fingerprint density at radius 1 is 1.16 bits per heavy atom. The lowest BCUT2D eigenvalue weighted by atomic mass is 9.72. The predicted octanol–water partition coefficient (Wildman–Crippen LogP) is 8.23. The number of ether oxygens (including phenoxy) is 1. The van der Waals surface area contributed by atoms with Crippen LogP contribution in [0, 0.1) is 17.2 Å². The number of nitrogens with zero attached hydrogens (tertiary/aromatic N) is 2. The molecule has 5 rings (SSSR count). The maximum Gasteiger partial charge on any atom is 0.404 e. The third-order valence-electron chi connectivity index (χ3n) is 8.67. The SMILES string of the molecule is COc1ccc(-c2ccc(N)nc2)cc1CN(C(=O)c1sc2cccc(F)c2c1Cl)C1CCC(C(NC(=O)O)C(C)(C)C)CC1. The summed E-state index contributed by atoms with van der Waals surface area (Å²) < 4.78 is 21.1. The number of nitrogens with two attached hydrogens (primary N) is 1. The molecule has 2 amide bonds. The Hall–Kier alpha value is -3.89. The van der Waals surface area contributed by atoms with E-state index >= 15 is 0 Å². The molecule has 0 radical (unpaired) electrons. The van der Waals surface area contributed by atoms with Crippen LogP contribution in [0.2, 0.25) is 5.02 Å². The quantitative estimate of drug-likeness (QED) is 0.176. The van der Waals surface area contributed by atoms with Gasteiger partial charge in [0.25, 0.3) is 5.91 Å². The molecule has 1 saturated carbocycles. The second-order valence-corrected chi connectivity index (χ2v) is 14.1. The van der Waals surface area contributed by atoms with Crippen LogP contribution in [0.1, 0.15) is 61.7 Å². The van der Waals surface area contributed by atoms with Gasteiger partial charge in [-0.3, -0.25) is 4.79 Å². The first kappa shape index (κ1) is 32.5. The van der Waals surface area contributed by atoms with Crippen LogP contribution in [0.15, 0.2) is 54.7 Å². The highest BCUT2D eigenvalue weighted by atomic mass is 35.5. The van der Waals surface area contributed by atoms with Crippen molar-refractivity contribution in [1.29, 1.82) is 0 Å². The van der Waals surface area contributed by atoms with Crippen LogP contribution in [0.4, 0.5) is 15.0 Å². The lowest BCUT2D eigenvalue weighted by molar-refractivity contribution is 0.0543. The standard InChI is InChI=1S/C34H38ClFN4O4S/c1-34(2,3)31(39-33(42)43)19-8-12-23(13-9-19)40(32(41)30-29(35)28-24(36)6-5-7-26(28)45-30)18-22-16-20(10-14-25(22)44-4)21-11-15-27(37)38-17-21/h5-7,10-11,14-17,19,23,31,39H,8-9,12-13,18H2,1-4H3,(H2,37,38)(H,42,43). The van der Waals surface area contributed by atoms with Crippen molar-refractivity contribution in [2.75, 3.05) is 12.8 Å². The number of rotatable bonds is 8. The van der Waals surface area contributed by atoms with Crippen molar-refractivity contribution in [2.45, 2.75) is 65.1 Å². The van der Waals surface area contributed by atoms with Gasteiger partial charge < -0.3 is 25.8 Å². The monoisotopic (exact) mass is 652 g/mol. The highest BCUT2D eigenvalue weighted by Gasteiger charge is 2.39. The molecule has 1 aliphatic rings. The van der Waals surface area contributed by atoms with Gasteiger partial charge in [-0.1, -0.05) is 44.5 Å². The van der Waals surface area contributed by atoms with Gasteiger partial charge in [-0.2, -0.15) is 0 Å². The molecule has 1 aliphatic carbocycles. The van der Waals surface area contributed by atoms with E-state index < -0.39 is 11.9 Å². The minimum atomic E-state index is -1.04. The fourth-order valence-corrected chi connectivity index (χ4v) is 7.98. The molecular weight excluding hydrogens is 615 g/mol. The zero-order chi connectivity index (χ0) is 32.5. The Morgan fingerprint density at radius 2 is 1.87 bits per heavy atom. The van der Waals surface area contributed by atoms with E-state index in [1.807, 2.05) is 49.9 Å². The first-order valence-electron chi connectivity index (χ1n) is 14.9. The summed E-state index contributed by atoms with van der Waals surface area (Å²) >= 11 is 7.89. The summed E-state index contributed by atoms with van der Waals surface area (Å²) in [6.07, 6.45) is 3.48. The molecule has 1 unspecified atom stereocenters. The topological polar surface area (TPSA) is 118 Å². The average molecular weight is 653 g/mol. The van der Waals surface area contributed by atoms with E-state index in [9.17, 15) is 19.1 Å². The summed E-state index contributed by atoms with van der Waals surface area (Å²) in [7, 11) is 1.59. The second-order valence-electron chi connectivity index (χ2n) is 12.7. The molecule has 2 aromatic carbocycles. The number of pyridine rings is 1. The molecule has 0 spiro atoms. The number of hydrogen-bond donors (Lipinski definition) is 3. The smallest absolute Gasteiger partial charge is 0.404 e. The normalized spacial score (nSPS) is 17.6. The number of thiophene rings is 1. The van der Waals surface area contributed by atoms with Crippen LogP contribution in [-0.4, -0.2) is 46.2 Å². The minimum Gasteiger partial charge on any atom is -0.496 e. The molecule has 45 heavy (non-hydrogen) atoms. The molecular formula is C34H38ClFN4O4S. The molecule has 2 heterocycles. The number of amides is 2. The van der Waals surface area contributed by atoms with Crippen LogP contribution >= 0.6 is 22.9 Å². The maximum absolute atomic E-state index is 14.8. The van der Waals surface area contributed by atoms with Gasteiger partial charge in [-0.15, -0.1) is 11.3 Å². The zero-order valence-corrected chi connectivity index (χ0v) is 27.3. The summed E-state index contributed by atoms with van der Waals surface area (Å²) in [5.41, 5.74) is 8.09. The van der Waals surface area contributed by atoms with Crippen LogP contribution < -0.4 is 15.8 Å². The number of hydrogen-bond acceptors (Lipinski definition) is 6. The highest BCUT2D eigenvalue weighted by Crippen LogP contribution is 2.41. The number of benzene rings is 2. The van der Waals surface area contributed by atoms with Crippen LogP contribution in [0.25, 0.3) is 21.2 Å². The number of halogens is 2. The fraction of sp³-hybridized carbons (Fsp3) is 0.382. The van der Waals surface area contributed by atoms with E-state index in [-0.39, 0.29) is 51.2 Å². The number of carbonyl (C=O) groups is 2. The van der Waals surface area contributed by atoms with Gasteiger partial charge in [-0.05, 0) is 79.0 Å². The third-order valence-corrected chi connectivity index (χ3v) is 10.3. The lowest BCUT2D eigenvalue weighted by Crippen LogP contribution is -2.50. The molecule has 1 atom stereocenters. The van der Waals surface area contributed by atoms with Crippen molar-refractivity contribution in [2.24, 2.45) is 11.3 Å². The number of fused-ring (bicyclic) bond motifs is 1. The van der Waals surface area contributed by atoms with E-state index in [0.29, 0.717) is 29.1 Å². The average Bonchev–Trinajstić information content (AvgIpc) is 3.35. The summed E-state index contributed by atoms with van der Waals surface area (Å²) in [6, 6.07) is 13.7. The second kappa shape index (κ2) is 13.2. The Morgan fingerprint density at radius 3 is 2.47 bits per heavy atom. The Balaban J connectivity index is 1.51. The van der Waals surface area contributed by atoms with Gasteiger partial charge in [0.15, 0.2) is 0 Å². The number of carboxylic acid groups (broad SMARTS) is 1. The zero-order valence-electron chi connectivity index (χ0n) is 25.8. The van der Waals surface area contributed by atoms with E-state index in [4.69, 9.17) is 22.1 Å². The van der Waals surface area contributed by atoms with E-state index in [0.717, 1.165) is 29.5 Å². The van der Waals surface area contributed by atoms with Crippen molar-refractivity contribution >= 4 is 50.8 Å². The van der Waals surface area contributed by atoms with Gasteiger partial charge in [0.05, 0.1) is 12.1 Å². The molecule has 0 bridgehead atoms. The van der Waals surface area contributed by atoms with E-state index in [1.165, 1.54) is 17.4 Å². The molecule has 0 aliphatic heterocycles. The summed E-state index contributed by atoms with van der Waals surface area (Å²) in [5, 5.41) is 12.6. The number of nitrogens with one attached hydrogen (secondary N) is 1. The van der Waals surface area contributed by atoms with Crippen molar-refractivity contribution in [3.8, 4) is 16.9 Å². The van der Waals surface area contributed by atoms with Gasteiger partial charge >= 0.3 is 6.09 Å². The summed E-state index contributed by atoms with van der Waals surface area (Å²) in [6.45, 7) is 6.34. The van der Waals surface area contributed by atoms with E-state index in [1.54, 1.807) is 31.5 Å². The predicted molar refractivity (Wildman–Crippen MR) is 177 cm³/mol. The van der Waals surface area contributed by atoms with Gasteiger partial charge in [-0.25, -0.2) is 14.2 Å². The first-order valence-corrected chi connectivity index (χ1v) is 16.1. The lowest BCUT2D eigenvalue weighted by Gasteiger charge is -2.43. The van der Waals surface area contributed by atoms with Crippen molar-refractivity contribution in [1.82, 2.24) is 15.2 Å². The van der Waals surface area contributed by atoms with Crippen molar-refractivity contribution < 1.29 is 23.8 Å². The number of carbonyl (C=O) groups excluding carboxylic acids is 1. The fourth-order valence-electron chi connectivity index (χ4n) is 6.47. The first-order chi connectivity index (χ1) is 21.4. The Bertz CT molecular complexity index is 1700. The number of methoxy groups -OCH3 is 1. The number of aromatic nitrogens is 1.